The maximum atomic E-state index is 12.4. The van der Waals surface area contributed by atoms with Crippen molar-refractivity contribution in [2.24, 2.45) is 0 Å². The van der Waals surface area contributed by atoms with Crippen LogP contribution >= 0.6 is 11.3 Å². The van der Waals surface area contributed by atoms with Crippen LogP contribution in [-0.2, 0) is 4.74 Å². The van der Waals surface area contributed by atoms with Gasteiger partial charge in [-0.1, -0.05) is 0 Å². The van der Waals surface area contributed by atoms with Crippen molar-refractivity contribution in [1.29, 1.82) is 0 Å². The second-order valence-corrected chi connectivity index (χ2v) is 7.07. The summed E-state index contributed by atoms with van der Waals surface area (Å²) in [6, 6.07) is 3.68. The minimum absolute atomic E-state index is 0.0726. The van der Waals surface area contributed by atoms with Crippen molar-refractivity contribution in [3.05, 3.63) is 35.0 Å². The summed E-state index contributed by atoms with van der Waals surface area (Å²) in [6.45, 7) is 1.33. The lowest BCUT2D eigenvalue weighted by Gasteiger charge is -2.22. The minimum Gasteiger partial charge on any atom is -0.478 e. The molecule has 0 bridgehead atoms. The van der Waals surface area contributed by atoms with Crippen molar-refractivity contribution in [2.45, 2.75) is 18.9 Å². The SMILES string of the molecule is O=C(NC1CCOCC1)c1ccc(-c2cnc3[nH]cc(C(=O)O)c3n2)s1. The number of thiophene rings is 1. The zero-order chi connectivity index (χ0) is 18.1. The van der Waals surface area contributed by atoms with Gasteiger partial charge in [0.25, 0.3) is 5.91 Å². The summed E-state index contributed by atoms with van der Waals surface area (Å²) in [5.74, 6) is -1.18. The fourth-order valence-corrected chi connectivity index (χ4v) is 3.73. The number of carboxylic acids is 1. The highest BCUT2D eigenvalue weighted by Crippen LogP contribution is 2.28. The van der Waals surface area contributed by atoms with E-state index in [0.29, 0.717) is 34.9 Å². The Morgan fingerprint density at radius 2 is 2.12 bits per heavy atom. The molecule has 1 amide bonds. The predicted molar refractivity (Wildman–Crippen MR) is 95.5 cm³/mol. The molecule has 0 saturated carbocycles. The van der Waals surface area contributed by atoms with Gasteiger partial charge in [0, 0.05) is 25.5 Å². The predicted octanol–water partition coefficient (Wildman–Crippen LogP) is 2.29. The molecule has 4 heterocycles. The maximum Gasteiger partial charge on any atom is 0.339 e. The fraction of sp³-hybridized carbons (Fsp3) is 0.294. The summed E-state index contributed by atoms with van der Waals surface area (Å²) in [4.78, 5) is 36.4. The summed E-state index contributed by atoms with van der Waals surface area (Å²) in [7, 11) is 0. The van der Waals surface area contributed by atoms with Crippen LogP contribution in [0.4, 0.5) is 0 Å². The second kappa shape index (κ2) is 6.85. The molecule has 3 N–H and O–H groups in total. The Morgan fingerprint density at radius 1 is 1.31 bits per heavy atom. The molecule has 0 aromatic carbocycles. The largest absolute Gasteiger partial charge is 0.478 e. The van der Waals surface area contributed by atoms with Gasteiger partial charge in [-0.15, -0.1) is 11.3 Å². The molecule has 0 unspecified atom stereocenters. The summed E-state index contributed by atoms with van der Waals surface area (Å²) >= 11 is 1.30. The second-order valence-electron chi connectivity index (χ2n) is 5.98. The van der Waals surface area contributed by atoms with Crippen LogP contribution in [0.15, 0.2) is 24.5 Å². The Hall–Kier alpha value is -2.78. The number of hydrogen-bond acceptors (Lipinski definition) is 6. The van der Waals surface area contributed by atoms with Crippen LogP contribution in [0.2, 0.25) is 0 Å². The number of nitrogens with one attached hydrogen (secondary N) is 2. The number of rotatable bonds is 4. The third-order valence-corrected chi connectivity index (χ3v) is 5.36. The van der Waals surface area contributed by atoms with Crippen molar-refractivity contribution in [3.63, 3.8) is 0 Å². The molecule has 4 rings (SSSR count). The number of carbonyl (C=O) groups excluding carboxylic acids is 1. The Balaban J connectivity index is 1.57. The number of aromatic nitrogens is 3. The molecule has 3 aromatic heterocycles. The molecule has 26 heavy (non-hydrogen) atoms. The van der Waals surface area contributed by atoms with E-state index in [9.17, 15) is 14.7 Å². The van der Waals surface area contributed by atoms with Gasteiger partial charge in [-0.2, -0.15) is 0 Å². The van der Waals surface area contributed by atoms with E-state index in [4.69, 9.17) is 4.74 Å². The number of nitrogens with zero attached hydrogens (tertiary/aromatic N) is 2. The summed E-state index contributed by atoms with van der Waals surface area (Å²) in [5.41, 5.74) is 1.33. The first-order valence-corrected chi connectivity index (χ1v) is 8.99. The minimum atomic E-state index is -1.06. The van der Waals surface area contributed by atoms with E-state index in [2.05, 4.69) is 20.3 Å². The standard InChI is InChI=1S/C17H16N4O4S/c22-16(20-9-3-5-25-6-4-9)13-2-1-12(26-13)11-8-19-15-14(21-11)10(7-18-15)17(23)24/h1-2,7-9H,3-6H2,(H,18,19)(H,20,22)(H,23,24). The Kier molecular flexibility index (Phi) is 4.39. The van der Waals surface area contributed by atoms with Gasteiger partial charge in [-0.25, -0.2) is 14.8 Å². The van der Waals surface area contributed by atoms with E-state index in [1.165, 1.54) is 17.5 Å². The number of H-pyrrole nitrogens is 1. The van der Waals surface area contributed by atoms with Gasteiger partial charge in [0.1, 0.15) is 11.1 Å². The third-order valence-electron chi connectivity index (χ3n) is 4.25. The van der Waals surface area contributed by atoms with Gasteiger partial charge in [0.15, 0.2) is 5.65 Å². The maximum absolute atomic E-state index is 12.4. The van der Waals surface area contributed by atoms with Gasteiger partial charge in [-0.3, -0.25) is 4.79 Å². The number of carbonyl (C=O) groups is 2. The Morgan fingerprint density at radius 3 is 2.88 bits per heavy atom. The highest BCUT2D eigenvalue weighted by atomic mass is 32.1. The van der Waals surface area contributed by atoms with E-state index in [1.807, 2.05) is 0 Å². The van der Waals surface area contributed by atoms with Gasteiger partial charge >= 0.3 is 5.97 Å². The first-order chi connectivity index (χ1) is 12.6. The van der Waals surface area contributed by atoms with E-state index in [-0.39, 0.29) is 17.5 Å². The zero-order valence-electron chi connectivity index (χ0n) is 13.7. The molecule has 1 saturated heterocycles. The van der Waals surface area contributed by atoms with Crippen LogP contribution in [0, 0.1) is 0 Å². The van der Waals surface area contributed by atoms with Gasteiger partial charge in [0.05, 0.1) is 21.6 Å². The lowest BCUT2D eigenvalue weighted by molar-refractivity contribution is 0.0690. The smallest absolute Gasteiger partial charge is 0.339 e. The van der Waals surface area contributed by atoms with Crippen molar-refractivity contribution in [1.82, 2.24) is 20.3 Å². The molecule has 134 valence electrons. The van der Waals surface area contributed by atoms with Crippen molar-refractivity contribution < 1.29 is 19.4 Å². The number of carboxylic acid groups (broad SMARTS) is 1. The zero-order valence-corrected chi connectivity index (χ0v) is 14.5. The van der Waals surface area contributed by atoms with Crippen molar-refractivity contribution in [2.75, 3.05) is 13.2 Å². The quantitative estimate of drug-likeness (QED) is 0.647. The van der Waals surface area contributed by atoms with Crippen LogP contribution in [0.25, 0.3) is 21.7 Å². The lowest BCUT2D eigenvalue weighted by atomic mass is 10.1. The highest BCUT2D eigenvalue weighted by molar-refractivity contribution is 7.17. The van der Waals surface area contributed by atoms with Gasteiger partial charge in [0.2, 0.25) is 0 Å². The van der Waals surface area contributed by atoms with E-state index < -0.39 is 5.97 Å². The first kappa shape index (κ1) is 16.7. The molecule has 0 aliphatic carbocycles. The molecule has 3 aromatic rings. The van der Waals surface area contributed by atoms with E-state index in [1.54, 1.807) is 18.3 Å². The molecule has 1 fully saturated rings. The molecule has 1 aliphatic rings. The third kappa shape index (κ3) is 3.18. The number of aromatic carboxylic acids is 1. The molecular formula is C17H16N4O4S. The summed E-state index contributed by atoms with van der Waals surface area (Å²) < 4.78 is 5.30. The molecule has 0 radical (unpaired) electrons. The van der Waals surface area contributed by atoms with Crippen LogP contribution in [-0.4, -0.2) is 51.2 Å². The highest BCUT2D eigenvalue weighted by Gasteiger charge is 2.19. The first-order valence-electron chi connectivity index (χ1n) is 8.18. The van der Waals surface area contributed by atoms with E-state index in [0.717, 1.165) is 17.7 Å². The molecule has 9 heteroatoms. The lowest BCUT2D eigenvalue weighted by Crippen LogP contribution is -2.38. The topological polar surface area (TPSA) is 117 Å². The average Bonchev–Trinajstić information content (AvgIpc) is 3.29. The number of aromatic amines is 1. The van der Waals surface area contributed by atoms with Crippen LogP contribution in [0.1, 0.15) is 32.9 Å². The van der Waals surface area contributed by atoms with Gasteiger partial charge in [-0.05, 0) is 25.0 Å². The average molecular weight is 372 g/mol. The van der Waals surface area contributed by atoms with Crippen molar-refractivity contribution in [3.8, 4) is 10.6 Å². The van der Waals surface area contributed by atoms with Crippen LogP contribution in [0.5, 0.6) is 0 Å². The molecular weight excluding hydrogens is 356 g/mol. The number of hydrogen-bond donors (Lipinski definition) is 3. The summed E-state index contributed by atoms with van der Waals surface area (Å²) in [5, 5.41) is 12.2. The number of amides is 1. The molecule has 0 spiro atoms. The molecule has 0 atom stereocenters. The molecule has 8 nitrogen and oxygen atoms in total. The Labute approximate surface area is 152 Å². The normalized spacial score (nSPS) is 15.2. The Bertz CT molecular complexity index is 974. The monoisotopic (exact) mass is 372 g/mol. The number of ether oxygens (including phenoxy) is 1. The van der Waals surface area contributed by atoms with Crippen molar-refractivity contribution >= 4 is 34.4 Å². The number of fused-ring (bicyclic) bond motifs is 1. The van der Waals surface area contributed by atoms with Crippen LogP contribution < -0.4 is 5.32 Å². The van der Waals surface area contributed by atoms with E-state index >= 15 is 0 Å². The fourth-order valence-electron chi connectivity index (χ4n) is 2.87. The van der Waals surface area contributed by atoms with Gasteiger partial charge < -0.3 is 20.1 Å². The van der Waals surface area contributed by atoms with Crippen LogP contribution in [0.3, 0.4) is 0 Å². The molecule has 1 aliphatic heterocycles. The summed E-state index contributed by atoms with van der Waals surface area (Å²) in [6.07, 6.45) is 4.57.